The molecular formula is C18H28O2S2. The minimum Gasteiger partial charge on any atom is -0.507 e. The van der Waals surface area contributed by atoms with Crippen LogP contribution in [0.2, 0.25) is 0 Å². The van der Waals surface area contributed by atoms with Gasteiger partial charge in [0.1, 0.15) is 5.75 Å². The van der Waals surface area contributed by atoms with Crippen molar-refractivity contribution in [3.63, 3.8) is 0 Å². The normalized spacial score (nSPS) is 14.0. The molecule has 0 aliphatic rings. The van der Waals surface area contributed by atoms with Crippen LogP contribution in [-0.2, 0) is 15.6 Å². The third kappa shape index (κ3) is 4.95. The Labute approximate surface area is 142 Å². The molecular weight excluding hydrogens is 312 g/mol. The lowest BCUT2D eigenvalue weighted by molar-refractivity contribution is -0.109. The van der Waals surface area contributed by atoms with E-state index in [4.69, 9.17) is 0 Å². The van der Waals surface area contributed by atoms with Crippen molar-refractivity contribution >= 4 is 26.7 Å². The summed E-state index contributed by atoms with van der Waals surface area (Å²) < 4.78 is 0. The summed E-state index contributed by atoms with van der Waals surface area (Å²) >= 11 is 0. The maximum atomic E-state index is 11.2. The Hall–Kier alpha value is -0.610. The number of phenols is 1. The highest BCUT2D eigenvalue weighted by atomic mass is 33.1. The highest BCUT2D eigenvalue weighted by Gasteiger charge is 2.27. The molecule has 0 saturated heterocycles. The molecule has 0 amide bonds. The molecule has 0 bridgehead atoms. The summed E-state index contributed by atoms with van der Waals surface area (Å²) in [6.07, 6.45) is 0. The molecule has 0 aliphatic heterocycles. The minimum absolute atomic E-state index is 0.114. The molecule has 22 heavy (non-hydrogen) atoms. The molecule has 124 valence electrons. The maximum absolute atomic E-state index is 11.2. The molecule has 0 aliphatic carbocycles. The van der Waals surface area contributed by atoms with Gasteiger partial charge in [0, 0.05) is 12.2 Å². The SMILES string of the molecule is CC(=O)SSC(C)c1cc(C(C)(C)C)c(O)c(C(C)(C)C)c1. The van der Waals surface area contributed by atoms with Crippen molar-refractivity contribution in [3.05, 3.63) is 28.8 Å². The third-order valence-corrected chi connectivity index (χ3v) is 6.28. The second-order valence-electron chi connectivity index (χ2n) is 7.78. The lowest BCUT2D eigenvalue weighted by Gasteiger charge is -2.29. The Balaban J connectivity index is 3.38. The highest BCUT2D eigenvalue weighted by molar-refractivity contribution is 8.82. The van der Waals surface area contributed by atoms with Crippen molar-refractivity contribution in [3.8, 4) is 5.75 Å². The van der Waals surface area contributed by atoms with E-state index in [0.717, 1.165) is 16.7 Å². The zero-order valence-electron chi connectivity index (χ0n) is 14.9. The van der Waals surface area contributed by atoms with Crippen LogP contribution >= 0.6 is 21.6 Å². The van der Waals surface area contributed by atoms with Gasteiger partial charge in [-0.3, -0.25) is 4.79 Å². The van der Waals surface area contributed by atoms with Gasteiger partial charge in [0.05, 0.1) is 0 Å². The minimum atomic E-state index is -0.127. The van der Waals surface area contributed by atoms with Gasteiger partial charge in [-0.15, -0.1) is 0 Å². The van der Waals surface area contributed by atoms with Gasteiger partial charge >= 0.3 is 0 Å². The molecule has 1 aromatic carbocycles. The summed E-state index contributed by atoms with van der Waals surface area (Å²) in [5.74, 6) is 0.403. The smallest absolute Gasteiger partial charge is 0.196 e. The second kappa shape index (κ2) is 6.88. The highest BCUT2D eigenvalue weighted by Crippen LogP contribution is 2.44. The summed E-state index contributed by atoms with van der Waals surface area (Å²) in [4.78, 5) is 11.2. The number of hydrogen-bond acceptors (Lipinski definition) is 4. The zero-order valence-corrected chi connectivity index (χ0v) is 16.5. The average molecular weight is 341 g/mol. The number of hydrogen-bond donors (Lipinski definition) is 1. The molecule has 0 aromatic heterocycles. The second-order valence-corrected chi connectivity index (χ2v) is 10.5. The molecule has 2 nitrogen and oxygen atoms in total. The van der Waals surface area contributed by atoms with E-state index in [1.54, 1.807) is 17.7 Å². The summed E-state index contributed by atoms with van der Waals surface area (Å²) in [6.45, 7) is 16.4. The Morgan fingerprint density at radius 1 is 1.05 bits per heavy atom. The standard InChI is InChI=1S/C18H28O2S2/c1-11(21-22-12(2)19)13-9-14(17(3,4)5)16(20)15(10-13)18(6,7)8/h9-11,20H,1-8H3. The first-order chi connectivity index (χ1) is 9.84. The van der Waals surface area contributed by atoms with Crippen LogP contribution in [0.15, 0.2) is 12.1 Å². The zero-order chi connectivity index (χ0) is 17.3. The fourth-order valence-corrected chi connectivity index (χ4v) is 3.93. The van der Waals surface area contributed by atoms with Crippen LogP contribution in [0.4, 0.5) is 0 Å². The third-order valence-electron chi connectivity index (χ3n) is 3.53. The molecule has 0 heterocycles. The first-order valence-corrected chi connectivity index (χ1v) is 9.77. The van der Waals surface area contributed by atoms with Gasteiger partial charge in [-0.05, 0) is 45.2 Å². The predicted octanol–water partition coefficient (Wildman–Crippen LogP) is 5.98. The first-order valence-electron chi connectivity index (χ1n) is 7.55. The van der Waals surface area contributed by atoms with Crippen molar-refractivity contribution in [1.82, 2.24) is 0 Å². The molecule has 1 N–H and O–H groups in total. The Morgan fingerprint density at radius 3 is 1.77 bits per heavy atom. The molecule has 1 rings (SSSR count). The molecule has 1 unspecified atom stereocenters. The topological polar surface area (TPSA) is 37.3 Å². The summed E-state index contributed by atoms with van der Waals surface area (Å²) in [7, 11) is 2.85. The van der Waals surface area contributed by atoms with E-state index in [0.29, 0.717) is 5.75 Å². The fourth-order valence-electron chi connectivity index (χ4n) is 2.23. The largest absolute Gasteiger partial charge is 0.507 e. The van der Waals surface area contributed by atoms with Crippen LogP contribution < -0.4 is 0 Å². The van der Waals surface area contributed by atoms with E-state index >= 15 is 0 Å². The maximum Gasteiger partial charge on any atom is 0.196 e. The monoisotopic (exact) mass is 340 g/mol. The van der Waals surface area contributed by atoms with Crippen molar-refractivity contribution in [2.45, 2.75) is 71.5 Å². The number of phenolic OH excluding ortho intramolecular Hbond substituents is 1. The number of benzene rings is 1. The number of carbonyl (C=O) groups excluding carboxylic acids is 1. The number of rotatable bonds is 3. The molecule has 0 fully saturated rings. The molecule has 0 radical (unpaired) electrons. The molecule has 1 aromatic rings. The lowest BCUT2D eigenvalue weighted by atomic mass is 9.78. The van der Waals surface area contributed by atoms with Crippen molar-refractivity contribution in [2.24, 2.45) is 0 Å². The number of aromatic hydroxyl groups is 1. The van der Waals surface area contributed by atoms with Gasteiger partial charge < -0.3 is 5.11 Å². The fraction of sp³-hybridized carbons (Fsp3) is 0.611. The van der Waals surface area contributed by atoms with Gasteiger partial charge in [0.25, 0.3) is 0 Å². The van der Waals surface area contributed by atoms with E-state index < -0.39 is 0 Å². The van der Waals surface area contributed by atoms with Gasteiger partial charge in [-0.2, -0.15) is 0 Å². The van der Waals surface area contributed by atoms with E-state index in [-0.39, 0.29) is 21.2 Å². The van der Waals surface area contributed by atoms with E-state index in [9.17, 15) is 9.90 Å². The summed E-state index contributed by atoms with van der Waals surface area (Å²) in [6, 6.07) is 4.17. The van der Waals surface area contributed by atoms with Gasteiger partial charge in [-0.1, -0.05) is 64.5 Å². The van der Waals surface area contributed by atoms with Crippen LogP contribution in [0.3, 0.4) is 0 Å². The molecule has 1 atom stereocenters. The quantitative estimate of drug-likeness (QED) is 0.687. The van der Waals surface area contributed by atoms with Gasteiger partial charge in [0.2, 0.25) is 0 Å². The van der Waals surface area contributed by atoms with E-state index in [2.05, 4.69) is 60.6 Å². The van der Waals surface area contributed by atoms with Crippen LogP contribution in [0.25, 0.3) is 0 Å². The van der Waals surface area contributed by atoms with Gasteiger partial charge in [0.15, 0.2) is 5.12 Å². The van der Waals surface area contributed by atoms with Gasteiger partial charge in [-0.25, -0.2) is 0 Å². The van der Waals surface area contributed by atoms with E-state index in [1.165, 1.54) is 10.8 Å². The first kappa shape index (κ1) is 19.4. The average Bonchev–Trinajstić information content (AvgIpc) is 2.33. The van der Waals surface area contributed by atoms with Crippen LogP contribution in [-0.4, -0.2) is 10.2 Å². The lowest BCUT2D eigenvalue weighted by Crippen LogP contribution is -2.18. The Morgan fingerprint density at radius 2 is 1.45 bits per heavy atom. The van der Waals surface area contributed by atoms with Crippen molar-refractivity contribution in [1.29, 1.82) is 0 Å². The predicted molar refractivity (Wildman–Crippen MR) is 99.8 cm³/mol. The number of carbonyl (C=O) groups is 1. The van der Waals surface area contributed by atoms with Crippen LogP contribution in [0, 0.1) is 0 Å². The molecule has 0 spiro atoms. The molecule has 0 saturated carbocycles. The van der Waals surface area contributed by atoms with Crippen molar-refractivity contribution in [2.75, 3.05) is 0 Å². The summed E-state index contributed by atoms with van der Waals surface area (Å²) in [5.41, 5.74) is 2.84. The van der Waals surface area contributed by atoms with Crippen LogP contribution in [0.1, 0.15) is 77.3 Å². The van der Waals surface area contributed by atoms with Crippen molar-refractivity contribution < 1.29 is 9.90 Å². The Bertz CT molecular complexity index is 516. The molecule has 4 heteroatoms. The van der Waals surface area contributed by atoms with Crippen LogP contribution in [0.5, 0.6) is 5.75 Å². The van der Waals surface area contributed by atoms with E-state index in [1.807, 2.05) is 0 Å². The Kier molecular flexibility index (Phi) is 6.07. The summed E-state index contributed by atoms with van der Waals surface area (Å²) in [5, 5.41) is 11.0.